The van der Waals surface area contributed by atoms with E-state index in [2.05, 4.69) is 55.8 Å². The van der Waals surface area contributed by atoms with Crippen LogP contribution in [-0.2, 0) is 0 Å². The molecule has 26 heavy (non-hydrogen) atoms. The highest BCUT2D eigenvalue weighted by molar-refractivity contribution is 6.34. The molecule has 2 aromatic carbocycles. The van der Waals surface area contributed by atoms with Crippen molar-refractivity contribution in [2.24, 2.45) is 4.99 Å². The molecular formula is C22H24Cl2N2. The summed E-state index contributed by atoms with van der Waals surface area (Å²) in [5, 5.41) is 1.33. The minimum atomic E-state index is -0.0242. The van der Waals surface area contributed by atoms with E-state index in [1.165, 1.54) is 16.8 Å². The molecule has 1 aliphatic heterocycles. The molecule has 0 saturated carbocycles. The maximum atomic E-state index is 6.60. The predicted octanol–water partition coefficient (Wildman–Crippen LogP) is 7.16. The zero-order valence-corrected chi connectivity index (χ0v) is 17.2. The Morgan fingerprint density at radius 1 is 1.12 bits per heavy atom. The summed E-state index contributed by atoms with van der Waals surface area (Å²) < 4.78 is 0. The number of benzene rings is 2. The van der Waals surface area contributed by atoms with Crippen molar-refractivity contribution in [1.82, 2.24) is 0 Å². The zero-order valence-electron chi connectivity index (χ0n) is 15.7. The number of allylic oxidation sites excluding steroid dienone is 1. The van der Waals surface area contributed by atoms with Crippen LogP contribution in [0, 0.1) is 0 Å². The van der Waals surface area contributed by atoms with E-state index in [9.17, 15) is 0 Å². The van der Waals surface area contributed by atoms with Gasteiger partial charge in [-0.05, 0) is 57.0 Å². The Morgan fingerprint density at radius 3 is 2.54 bits per heavy atom. The molecule has 0 atom stereocenters. The van der Waals surface area contributed by atoms with E-state index in [0.717, 1.165) is 24.2 Å². The van der Waals surface area contributed by atoms with E-state index < -0.39 is 0 Å². The molecule has 0 amide bonds. The Kier molecular flexibility index (Phi) is 5.45. The number of nitrogens with zero attached hydrogens (tertiary/aromatic N) is 2. The summed E-state index contributed by atoms with van der Waals surface area (Å²) in [6.07, 6.45) is 5.21. The molecule has 0 aliphatic carbocycles. The molecule has 0 spiro atoms. The second-order valence-electron chi connectivity index (χ2n) is 7.23. The minimum absolute atomic E-state index is 0.0242. The maximum Gasteiger partial charge on any atom is 0.0816 e. The van der Waals surface area contributed by atoms with Crippen LogP contribution < -0.4 is 4.90 Å². The van der Waals surface area contributed by atoms with Gasteiger partial charge < -0.3 is 4.90 Å². The fraction of sp³-hybridized carbons (Fsp3) is 0.318. The van der Waals surface area contributed by atoms with Gasteiger partial charge in [0, 0.05) is 29.6 Å². The molecule has 0 unspecified atom stereocenters. The fourth-order valence-electron chi connectivity index (χ4n) is 3.54. The van der Waals surface area contributed by atoms with E-state index in [4.69, 9.17) is 23.2 Å². The first kappa shape index (κ1) is 19.0. The van der Waals surface area contributed by atoms with Gasteiger partial charge in [0.25, 0.3) is 0 Å². The van der Waals surface area contributed by atoms with Crippen molar-refractivity contribution in [2.45, 2.75) is 39.7 Å². The van der Waals surface area contributed by atoms with Gasteiger partial charge in [-0.3, -0.25) is 4.99 Å². The average Bonchev–Trinajstić information content (AvgIpc) is 2.58. The highest BCUT2D eigenvalue weighted by Crippen LogP contribution is 2.41. The van der Waals surface area contributed by atoms with Gasteiger partial charge >= 0.3 is 0 Å². The molecule has 136 valence electrons. The summed E-state index contributed by atoms with van der Waals surface area (Å²) in [5.74, 6) is 0. The normalized spacial score (nSPS) is 15.9. The second kappa shape index (κ2) is 7.46. The third kappa shape index (κ3) is 3.67. The average molecular weight is 387 g/mol. The Bertz CT molecular complexity index is 882. The van der Waals surface area contributed by atoms with Crippen molar-refractivity contribution in [1.29, 1.82) is 0 Å². The number of rotatable bonds is 4. The summed E-state index contributed by atoms with van der Waals surface area (Å²) >= 11 is 12.8. The molecule has 0 radical (unpaired) electrons. The summed E-state index contributed by atoms with van der Waals surface area (Å²) in [5.41, 5.74) is 5.28. The highest BCUT2D eigenvalue weighted by atomic mass is 35.5. The van der Waals surface area contributed by atoms with Crippen LogP contribution in [0.15, 0.2) is 47.5 Å². The van der Waals surface area contributed by atoms with Gasteiger partial charge in [0.05, 0.1) is 21.3 Å². The lowest BCUT2D eigenvalue weighted by Crippen LogP contribution is -2.45. The number of aliphatic imine (C=N–C) groups is 1. The first-order chi connectivity index (χ1) is 12.3. The first-order valence-corrected chi connectivity index (χ1v) is 9.68. The Labute approximate surface area is 166 Å². The van der Waals surface area contributed by atoms with Crippen LogP contribution in [0.4, 0.5) is 11.4 Å². The number of para-hydroxylation sites is 1. The lowest BCUT2D eigenvalue weighted by molar-refractivity contribution is 0.550. The molecule has 2 aromatic rings. The van der Waals surface area contributed by atoms with Crippen molar-refractivity contribution < 1.29 is 0 Å². The molecule has 4 heteroatoms. The SMILES string of the molecule is CCCN1c2cc(Cl)c(C=Nc3ccccc3Cl)cc2C(C)=CC1(C)C. The highest BCUT2D eigenvalue weighted by Gasteiger charge is 2.31. The predicted molar refractivity (Wildman–Crippen MR) is 116 cm³/mol. The number of anilines is 1. The van der Waals surface area contributed by atoms with Crippen LogP contribution in [0.2, 0.25) is 10.0 Å². The lowest BCUT2D eigenvalue weighted by atomic mass is 9.88. The topological polar surface area (TPSA) is 15.6 Å². The van der Waals surface area contributed by atoms with Gasteiger partial charge in [0.1, 0.15) is 0 Å². The smallest absolute Gasteiger partial charge is 0.0816 e. The standard InChI is InChI=1S/C22H24Cl2N2/c1-5-10-26-21-12-19(24)16(11-17(21)15(2)13-22(26,3)4)14-25-20-9-7-6-8-18(20)23/h6-9,11-14H,5,10H2,1-4H3. The van der Waals surface area contributed by atoms with Gasteiger partial charge in [-0.1, -0.05) is 48.3 Å². The van der Waals surface area contributed by atoms with Crippen LogP contribution in [-0.4, -0.2) is 18.3 Å². The molecule has 0 aromatic heterocycles. The molecule has 0 bridgehead atoms. The largest absolute Gasteiger partial charge is 0.362 e. The van der Waals surface area contributed by atoms with E-state index in [0.29, 0.717) is 10.0 Å². The van der Waals surface area contributed by atoms with Gasteiger partial charge in [0.15, 0.2) is 0 Å². The van der Waals surface area contributed by atoms with Crippen molar-refractivity contribution in [3.8, 4) is 0 Å². The van der Waals surface area contributed by atoms with Crippen LogP contribution >= 0.6 is 23.2 Å². The quantitative estimate of drug-likeness (QED) is 0.509. The van der Waals surface area contributed by atoms with Gasteiger partial charge in [-0.2, -0.15) is 0 Å². The lowest BCUT2D eigenvalue weighted by Gasteiger charge is -2.43. The third-order valence-electron chi connectivity index (χ3n) is 4.74. The van der Waals surface area contributed by atoms with E-state index in [1.54, 1.807) is 6.21 Å². The third-order valence-corrected chi connectivity index (χ3v) is 5.39. The maximum absolute atomic E-state index is 6.60. The van der Waals surface area contributed by atoms with E-state index in [-0.39, 0.29) is 5.54 Å². The van der Waals surface area contributed by atoms with Gasteiger partial charge in [-0.25, -0.2) is 0 Å². The summed E-state index contributed by atoms with van der Waals surface area (Å²) in [6, 6.07) is 11.7. The fourth-order valence-corrected chi connectivity index (χ4v) is 3.93. The number of halogens is 2. The monoisotopic (exact) mass is 386 g/mol. The minimum Gasteiger partial charge on any atom is -0.362 e. The number of hydrogen-bond donors (Lipinski definition) is 0. The Balaban J connectivity index is 2.04. The Hall–Kier alpha value is -1.77. The van der Waals surface area contributed by atoms with Crippen molar-refractivity contribution >= 4 is 46.4 Å². The molecule has 3 rings (SSSR count). The second-order valence-corrected chi connectivity index (χ2v) is 8.05. The first-order valence-electron chi connectivity index (χ1n) is 8.93. The van der Waals surface area contributed by atoms with E-state index in [1.807, 2.05) is 24.3 Å². The molecule has 2 nitrogen and oxygen atoms in total. The van der Waals surface area contributed by atoms with Crippen molar-refractivity contribution in [2.75, 3.05) is 11.4 Å². The van der Waals surface area contributed by atoms with Crippen LogP contribution in [0.3, 0.4) is 0 Å². The van der Waals surface area contributed by atoms with E-state index >= 15 is 0 Å². The van der Waals surface area contributed by atoms with Crippen molar-refractivity contribution in [3.05, 3.63) is 63.6 Å². The van der Waals surface area contributed by atoms with Gasteiger partial charge in [0.2, 0.25) is 0 Å². The van der Waals surface area contributed by atoms with Crippen LogP contribution in [0.5, 0.6) is 0 Å². The van der Waals surface area contributed by atoms with Gasteiger partial charge in [-0.15, -0.1) is 0 Å². The summed E-state index contributed by atoms with van der Waals surface area (Å²) in [7, 11) is 0. The van der Waals surface area contributed by atoms with Crippen molar-refractivity contribution in [3.63, 3.8) is 0 Å². The summed E-state index contributed by atoms with van der Waals surface area (Å²) in [4.78, 5) is 6.95. The number of hydrogen-bond acceptors (Lipinski definition) is 2. The molecule has 0 fully saturated rings. The molecular weight excluding hydrogens is 363 g/mol. The molecule has 0 saturated heterocycles. The van der Waals surface area contributed by atoms with Crippen LogP contribution in [0.1, 0.15) is 45.2 Å². The zero-order chi connectivity index (χ0) is 18.9. The molecule has 0 N–H and O–H groups in total. The number of fused-ring (bicyclic) bond motifs is 1. The molecule has 1 aliphatic rings. The summed E-state index contributed by atoms with van der Waals surface area (Å²) in [6.45, 7) is 9.85. The Morgan fingerprint density at radius 2 is 1.85 bits per heavy atom. The van der Waals surface area contributed by atoms with Crippen LogP contribution in [0.25, 0.3) is 5.57 Å². The molecule has 1 heterocycles.